The number of hydrogen-bond donors (Lipinski definition) is 0. The first-order chi connectivity index (χ1) is 10.9. The fourth-order valence-electron chi connectivity index (χ4n) is 3.70. The Morgan fingerprint density at radius 3 is 2.61 bits per heavy atom. The van der Waals surface area contributed by atoms with Crippen LogP contribution in [-0.4, -0.2) is 58.1 Å². The second-order valence-corrected chi connectivity index (χ2v) is 8.66. The summed E-state index contributed by atoms with van der Waals surface area (Å²) in [4.78, 5) is 2.73. The van der Waals surface area contributed by atoms with Crippen LogP contribution in [-0.2, 0) is 25.9 Å². The van der Waals surface area contributed by atoms with Gasteiger partial charge in [0.2, 0.25) is 0 Å². The molecule has 0 bridgehead atoms. The molecule has 2 atom stereocenters. The van der Waals surface area contributed by atoms with E-state index >= 15 is 0 Å². The standard InChI is InChI=1S/C17H25NO4S/c1-21-16-13-18(10-9-17(16)8-3-11-22-17)12-14-4-6-15(7-5-14)23(2,19)20/h4-7,16H,3,8-13H2,1-2H3/t16-,17-/m0/s1. The molecule has 1 aromatic carbocycles. The Bertz CT molecular complexity index is 635. The predicted octanol–water partition coefficient (Wildman–Crippen LogP) is 1.86. The third-order valence-corrected chi connectivity index (χ3v) is 6.17. The molecule has 0 saturated carbocycles. The molecule has 1 spiro atoms. The van der Waals surface area contributed by atoms with Crippen LogP contribution in [0, 0.1) is 0 Å². The van der Waals surface area contributed by atoms with Crippen molar-refractivity contribution in [2.24, 2.45) is 0 Å². The Labute approximate surface area is 138 Å². The van der Waals surface area contributed by atoms with Crippen LogP contribution in [0.2, 0.25) is 0 Å². The van der Waals surface area contributed by atoms with Crippen molar-refractivity contribution in [3.8, 4) is 0 Å². The minimum absolute atomic E-state index is 0.0919. The first kappa shape index (κ1) is 16.9. The molecule has 2 heterocycles. The largest absolute Gasteiger partial charge is 0.377 e. The Morgan fingerprint density at radius 2 is 2.04 bits per heavy atom. The Morgan fingerprint density at radius 1 is 1.30 bits per heavy atom. The van der Waals surface area contributed by atoms with Gasteiger partial charge in [-0.05, 0) is 37.0 Å². The third-order valence-electron chi connectivity index (χ3n) is 5.04. The summed E-state index contributed by atoms with van der Waals surface area (Å²) >= 11 is 0. The summed E-state index contributed by atoms with van der Waals surface area (Å²) in [6, 6.07) is 7.16. The third kappa shape index (κ3) is 3.60. The summed E-state index contributed by atoms with van der Waals surface area (Å²) in [5.41, 5.74) is 1.03. The molecule has 128 valence electrons. The van der Waals surface area contributed by atoms with E-state index in [1.807, 2.05) is 12.1 Å². The van der Waals surface area contributed by atoms with E-state index in [-0.39, 0.29) is 11.7 Å². The van der Waals surface area contributed by atoms with E-state index in [1.165, 1.54) is 6.26 Å². The minimum atomic E-state index is -3.13. The van der Waals surface area contributed by atoms with Gasteiger partial charge in [-0.1, -0.05) is 12.1 Å². The Kier molecular flexibility index (Phi) is 4.78. The lowest BCUT2D eigenvalue weighted by Crippen LogP contribution is -2.55. The van der Waals surface area contributed by atoms with Gasteiger partial charge in [0, 0.05) is 39.6 Å². The highest BCUT2D eigenvalue weighted by atomic mass is 32.2. The molecule has 2 aliphatic rings. The van der Waals surface area contributed by atoms with Crippen LogP contribution >= 0.6 is 0 Å². The minimum Gasteiger partial charge on any atom is -0.377 e. The molecule has 1 aromatic rings. The molecule has 0 unspecified atom stereocenters. The Hall–Kier alpha value is -0.950. The van der Waals surface area contributed by atoms with Crippen LogP contribution in [0.15, 0.2) is 29.2 Å². The van der Waals surface area contributed by atoms with Gasteiger partial charge in [-0.2, -0.15) is 0 Å². The van der Waals surface area contributed by atoms with Crippen molar-refractivity contribution in [2.75, 3.05) is 33.1 Å². The SMILES string of the molecule is CO[C@H]1CN(Cc2ccc(S(C)(=O)=O)cc2)CC[C@@]12CCCO2. The van der Waals surface area contributed by atoms with Gasteiger partial charge < -0.3 is 9.47 Å². The van der Waals surface area contributed by atoms with Gasteiger partial charge in [0.05, 0.1) is 16.6 Å². The van der Waals surface area contributed by atoms with Crippen LogP contribution in [0.25, 0.3) is 0 Å². The highest BCUT2D eigenvalue weighted by molar-refractivity contribution is 7.90. The molecule has 3 rings (SSSR count). The fourth-order valence-corrected chi connectivity index (χ4v) is 4.33. The fraction of sp³-hybridized carbons (Fsp3) is 0.647. The highest BCUT2D eigenvalue weighted by Gasteiger charge is 2.46. The van der Waals surface area contributed by atoms with Crippen LogP contribution < -0.4 is 0 Å². The second kappa shape index (κ2) is 6.51. The van der Waals surface area contributed by atoms with Gasteiger partial charge in [0.25, 0.3) is 0 Å². The number of likely N-dealkylation sites (tertiary alicyclic amines) is 1. The van der Waals surface area contributed by atoms with Crippen LogP contribution in [0.1, 0.15) is 24.8 Å². The maximum atomic E-state index is 11.5. The van der Waals surface area contributed by atoms with Crippen molar-refractivity contribution < 1.29 is 17.9 Å². The second-order valence-electron chi connectivity index (χ2n) is 6.64. The number of hydrogen-bond acceptors (Lipinski definition) is 5. The zero-order valence-electron chi connectivity index (χ0n) is 13.8. The first-order valence-electron chi connectivity index (χ1n) is 8.11. The summed E-state index contributed by atoms with van der Waals surface area (Å²) in [6.07, 6.45) is 4.54. The molecule has 6 heteroatoms. The molecular formula is C17H25NO4S. The van der Waals surface area contributed by atoms with E-state index in [9.17, 15) is 8.42 Å². The summed E-state index contributed by atoms with van der Waals surface area (Å²) in [5, 5.41) is 0. The van der Waals surface area contributed by atoms with E-state index in [0.717, 1.165) is 51.1 Å². The average Bonchev–Trinajstić information content (AvgIpc) is 2.98. The van der Waals surface area contributed by atoms with E-state index in [1.54, 1.807) is 19.2 Å². The van der Waals surface area contributed by atoms with Crippen molar-refractivity contribution in [3.63, 3.8) is 0 Å². The number of sulfone groups is 1. The van der Waals surface area contributed by atoms with Gasteiger partial charge in [-0.3, -0.25) is 4.90 Å². The normalized spacial score (nSPS) is 29.2. The smallest absolute Gasteiger partial charge is 0.175 e. The number of rotatable bonds is 4. The van der Waals surface area contributed by atoms with Gasteiger partial charge >= 0.3 is 0 Å². The summed E-state index contributed by atoms with van der Waals surface area (Å²) in [6.45, 7) is 3.48. The van der Waals surface area contributed by atoms with Gasteiger partial charge in [0.1, 0.15) is 0 Å². The zero-order chi connectivity index (χ0) is 16.5. The van der Waals surface area contributed by atoms with Crippen LogP contribution in [0.4, 0.5) is 0 Å². The molecule has 2 saturated heterocycles. The molecule has 0 aliphatic carbocycles. The Balaban J connectivity index is 1.65. The zero-order valence-corrected chi connectivity index (χ0v) is 14.6. The predicted molar refractivity (Wildman–Crippen MR) is 88.2 cm³/mol. The summed E-state index contributed by atoms with van der Waals surface area (Å²) < 4.78 is 34.8. The molecule has 0 N–H and O–H groups in total. The number of piperidine rings is 1. The number of methoxy groups -OCH3 is 1. The molecular weight excluding hydrogens is 314 g/mol. The summed E-state index contributed by atoms with van der Waals surface area (Å²) in [5.74, 6) is 0. The molecule has 2 fully saturated rings. The molecule has 0 amide bonds. The molecule has 0 aromatic heterocycles. The van der Waals surface area contributed by atoms with Gasteiger partial charge in [-0.15, -0.1) is 0 Å². The molecule has 2 aliphatic heterocycles. The lowest BCUT2D eigenvalue weighted by Gasteiger charge is -2.44. The molecule has 23 heavy (non-hydrogen) atoms. The van der Waals surface area contributed by atoms with Crippen LogP contribution in [0.5, 0.6) is 0 Å². The van der Waals surface area contributed by atoms with Crippen molar-refractivity contribution in [2.45, 2.75) is 42.4 Å². The topological polar surface area (TPSA) is 55.8 Å². The lowest BCUT2D eigenvalue weighted by molar-refractivity contribution is -0.143. The lowest BCUT2D eigenvalue weighted by atomic mass is 9.85. The highest BCUT2D eigenvalue weighted by Crippen LogP contribution is 2.37. The molecule has 0 radical (unpaired) electrons. The van der Waals surface area contributed by atoms with E-state index in [0.29, 0.717) is 4.90 Å². The first-order valence-corrected chi connectivity index (χ1v) is 10.0. The molecule has 5 nitrogen and oxygen atoms in total. The number of benzene rings is 1. The number of nitrogens with zero attached hydrogens (tertiary/aromatic N) is 1. The maximum Gasteiger partial charge on any atom is 0.175 e. The monoisotopic (exact) mass is 339 g/mol. The summed E-state index contributed by atoms with van der Waals surface area (Å²) in [7, 11) is -1.37. The maximum absolute atomic E-state index is 11.5. The average molecular weight is 339 g/mol. The van der Waals surface area contributed by atoms with E-state index < -0.39 is 9.84 Å². The van der Waals surface area contributed by atoms with Gasteiger partial charge in [0.15, 0.2) is 9.84 Å². The van der Waals surface area contributed by atoms with Crippen molar-refractivity contribution in [1.82, 2.24) is 4.90 Å². The van der Waals surface area contributed by atoms with E-state index in [2.05, 4.69) is 4.90 Å². The number of ether oxygens (including phenoxy) is 2. The van der Waals surface area contributed by atoms with Crippen molar-refractivity contribution in [3.05, 3.63) is 29.8 Å². The van der Waals surface area contributed by atoms with E-state index in [4.69, 9.17) is 9.47 Å². The van der Waals surface area contributed by atoms with Crippen molar-refractivity contribution >= 4 is 9.84 Å². The quantitative estimate of drug-likeness (QED) is 0.838. The van der Waals surface area contributed by atoms with Crippen LogP contribution in [0.3, 0.4) is 0 Å². The van der Waals surface area contributed by atoms with Gasteiger partial charge in [-0.25, -0.2) is 8.42 Å². The van der Waals surface area contributed by atoms with Crippen molar-refractivity contribution in [1.29, 1.82) is 0 Å².